The van der Waals surface area contributed by atoms with Crippen molar-refractivity contribution >= 4 is 16.9 Å². The second-order valence-corrected chi connectivity index (χ2v) is 5.26. The number of carbonyl (C=O) groups excluding carboxylic acids is 1. The van der Waals surface area contributed by atoms with Crippen LogP contribution in [0.25, 0.3) is 22.3 Å². The third-order valence-corrected chi connectivity index (χ3v) is 3.52. The van der Waals surface area contributed by atoms with E-state index in [0.29, 0.717) is 0 Å². The Morgan fingerprint density at radius 1 is 1.00 bits per heavy atom. The van der Waals surface area contributed by atoms with Crippen LogP contribution in [0.4, 0.5) is 0 Å². The molecule has 0 saturated carbocycles. The highest BCUT2D eigenvalue weighted by atomic mass is 16.5. The minimum Gasteiger partial charge on any atom is -0.507 e. The molecule has 0 radical (unpaired) electrons. The van der Waals surface area contributed by atoms with E-state index in [0.717, 1.165) is 24.3 Å². The monoisotopic (exact) mass is 360 g/mol. The summed E-state index contributed by atoms with van der Waals surface area (Å²) in [6.07, 6.45) is 0. The number of hydrogen-bond donors (Lipinski definition) is 5. The lowest BCUT2D eigenvalue weighted by molar-refractivity contribution is -0.137. The summed E-state index contributed by atoms with van der Waals surface area (Å²) in [5, 5.41) is 47.4. The van der Waals surface area contributed by atoms with E-state index in [9.17, 15) is 30.0 Å². The van der Waals surface area contributed by atoms with Gasteiger partial charge >= 0.3 is 5.97 Å². The predicted octanol–water partition coefficient (Wildman–Crippen LogP) is 1.18. The van der Waals surface area contributed by atoms with Gasteiger partial charge in [0.2, 0.25) is 11.2 Å². The molecular formula is C17H12O9. The molecule has 0 atom stereocenters. The number of aliphatic hydroxyl groups is 1. The molecule has 3 aromatic rings. The highest BCUT2D eigenvalue weighted by molar-refractivity contribution is 5.89. The molecule has 0 saturated heterocycles. The molecule has 1 heterocycles. The van der Waals surface area contributed by atoms with Gasteiger partial charge in [-0.15, -0.1) is 0 Å². The first-order valence-corrected chi connectivity index (χ1v) is 7.18. The van der Waals surface area contributed by atoms with Crippen LogP contribution in [0.1, 0.15) is 0 Å². The molecule has 0 spiro atoms. The molecule has 9 nitrogen and oxygen atoms in total. The van der Waals surface area contributed by atoms with E-state index in [1.165, 1.54) is 6.07 Å². The van der Waals surface area contributed by atoms with Crippen LogP contribution in [0, 0.1) is 0 Å². The first-order chi connectivity index (χ1) is 12.3. The van der Waals surface area contributed by atoms with Crippen molar-refractivity contribution in [1.29, 1.82) is 0 Å². The normalized spacial score (nSPS) is 10.8. The fraction of sp³-hybridized carbons (Fsp3) is 0.0588. The topological polar surface area (TPSA) is 158 Å². The van der Waals surface area contributed by atoms with E-state index in [2.05, 4.69) is 0 Å². The van der Waals surface area contributed by atoms with E-state index in [-0.39, 0.29) is 28.0 Å². The average molecular weight is 360 g/mol. The number of aromatic hydroxyl groups is 4. The SMILES string of the molecule is O=C(CO)Oc1cc(O)c2c(=O)c(O)c(-c3ccc(O)c(O)c3)oc2c1. The van der Waals surface area contributed by atoms with Crippen molar-refractivity contribution in [2.24, 2.45) is 0 Å². The lowest BCUT2D eigenvalue weighted by Crippen LogP contribution is -2.12. The number of aliphatic hydroxyl groups excluding tert-OH is 1. The Morgan fingerprint density at radius 2 is 1.73 bits per heavy atom. The van der Waals surface area contributed by atoms with Crippen molar-refractivity contribution in [1.82, 2.24) is 0 Å². The van der Waals surface area contributed by atoms with Crippen molar-refractivity contribution in [3.05, 3.63) is 40.6 Å². The van der Waals surface area contributed by atoms with Crippen molar-refractivity contribution in [3.63, 3.8) is 0 Å². The number of ether oxygens (including phenoxy) is 1. The Balaban J connectivity index is 2.25. The third-order valence-electron chi connectivity index (χ3n) is 3.52. The number of esters is 1. The summed E-state index contributed by atoms with van der Waals surface area (Å²) in [5.41, 5.74) is -1.09. The Hall–Kier alpha value is -3.72. The van der Waals surface area contributed by atoms with Gasteiger partial charge in [0, 0.05) is 17.7 Å². The summed E-state index contributed by atoms with van der Waals surface area (Å²) >= 11 is 0. The largest absolute Gasteiger partial charge is 0.507 e. The minimum atomic E-state index is -0.992. The molecule has 5 N–H and O–H groups in total. The molecule has 0 aliphatic heterocycles. The molecule has 26 heavy (non-hydrogen) atoms. The highest BCUT2D eigenvalue weighted by Crippen LogP contribution is 2.37. The van der Waals surface area contributed by atoms with Gasteiger partial charge < -0.3 is 34.7 Å². The van der Waals surface area contributed by atoms with Crippen LogP contribution in [-0.4, -0.2) is 38.1 Å². The minimum absolute atomic E-state index is 0.0778. The predicted molar refractivity (Wildman–Crippen MR) is 87.3 cm³/mol. The van der Waals surface area contributed by atoms with Crippen LogP contribution >= 0.6 is 0 Å². The number of fused-ring (bicyclic) bond motifs is 1. The molecule has 0 aliphatic rings. The van der Waals surface area contributed by atoms with Crippen LogP contribution in [0.15, 0.2) is 39.5 Å². The Kier molecular flexibility index (Phi) is 4.15. The van der Waals surface area contributed by atoms with Gasteiger partial charge in [-0.2, -0.15) is 0 Å². The number of hydrogen-bond acceptors (Lipinski definition) is 9. The summed E-state index contributed by atoms with van der Waals surface area (Å²) in [6.45, 7) is -0.892. The zero-order valence-corrected chi connectivity index (χ0v) is 13.0. The van der Waals surface area contributed by atoms with Gasteiger partial charge in [0.15, 0.2) is 17.3 Å². The smallest absolute Gasteiger partial charge is 0.337 e. The Labute approximate surface area is 144 Å². The highest BCUT2D eigenvalue weighted by Gasteiger charge is 2.20. The summed E-state index contributed by atoms with van der Waals surface area (Å²) < 4.78 is 10.2. The number of benzene rings is 2. The molecule has 134 valence electrons. The Morgan fingerprint density at radius 3 is 2.38 bits per heavy atom. The first kappa shape index (κ1) is 17.1. The van der Waals surface area contributed by atoms with E-state index in [1.807, 2.05) is 0 Å². The van der Waals surface area contributed by atoms with Gasteiger partial charge in [0.1, 0.15) is 29.1 Å². The lowest BCUT2D eigenvalue weighted by atomic mass is 10.1. The van der Waals surface area contributed by atoms with E-state index in [4.69, 9.17) is 14.3 Å². The molecule has 0 bridgehead atoms. The van der Waals surface area contributed by atoms with Gasteiger partial charge in [0.25, 0.3) is 0 Å². The van der Waals surface area contributed by atoms with E-state index >= 15 is 0 Å². The quantitative estimate of drug-likeness (QED) is 0.263. The number of phenolic OH excluding ortho intramolecular Hbond substituents is 3. The second-order valence-electron chi connectivity index (χ2n) is 5.26. The standard InChI is InChI=1S/C17H12O9/c18-6-13(22)25-8-4-11(21)14-12(5-8)26-17(16(24)15(14)23)7-1-2-9(19)10(20)3-7/h1-5,18-21,24H,6H2. The number of phenols is 3. The maximum atomic E-state index is 12.4. The summed E-state index contributed by atoms with van der Waals surface area (Å²) in [5.74, 6) is -3.85. The van der Waals surface area contributed by atoms with Gasteiger partial charge in [-0.1, -0.05) is 0 Å². The zero-order chi connectivity index (χ0) is 19.0. The molecule has 9 heteroatoms. The van der Waals surface area contributed by atoms with Crippen molar-refractivity contribution < 1.29 is 39.5 Å². The summed E-state index contributed by atoms with van der Waals surface area (Å²) in [7, 11) is 0. The third kappa shape index (κ3) is 2.87. The van der Waals surface area contributed by atoms with Gasteiger partial charge in [-0.05, 0) is 18.2 Å². The average Bonchev–Trinajstić information content (AvgIpc) is 2.60. The molecule has 0 fully saturated rings. The second kappa shape index (κ2) is 6.30. The van der Waals surface area contributed by atoms with E-state index < -0.39 is 41.0 Å². The molecule has 3 rings (SSSR count). The molecular weight excluding hydrogens is 348 g/mol. The van der Waals surface area contributed by atoms with Gasteiger partial charge in [-0.3, -0.25) is 4.79 Å². The van der Waals surface area contributed by atoms with Crippen LogP contribution < -0.4 is 10.2 Å². The lowest BCUT2D eigenvalue weighted by Gasteiger charge is -2.09. The number of rotatable bonds is 3. The van der Waals surface area contributed by atoms with Crippen LogP contribution in [0.3, 0.4) is 0 Å². The molecule has 2 aromatic carbocycles. The van der Waals surface area contributed by atoms with Crippen LogP contribution in [0.5, 0.6) is 28.7 Å². The maximum absolute atomic E-state index is 12.4. The van der Waals surface area contributed by atoms with Crippen molar-refractivity contribution in [2.75, 3.05) is 6.61 Å². The first-order valence-electron chi connectivity index (χ1n) is 7.18. The van der Waals surface area contributed by atoms with Crippen molar-refractivity contribution in [2.45, 2.75) is 0 Å². The number of carbonyl (C=O) groups is 1. The van der Waals surface area contributed by atoms with Crippen LogP contribution in [-0.2, 0) is 4.79 Å². The van der Waals surface area contributed by atoms with Gasteiger partial charge in [0.05, 0.1) is 0 Å². The fourth-order valence-electron chi connectivity index (χ4n) is 2.35. The van der Waals surface area contributed by atoms with Crippen LogP contribution in [0.2, 0.25) is 0 Å². The van der Waals surface area contributed by atoms with E-state index in [1.54, 1.807) is 0 Å². The molecule has 1 aromatic heterocycles. The molecule has 0 amide bonds. The molecule has 0 unspecified atom stereocenters. The summed E-state index contributed by atoms with van der Waals surface area (Å²) in [4.78, 5) is 23.5. The zero-order valence-electron chi connectivity index (χ0n) is 13.0. The molecule has 0 aliphatic carbocycles. The fourth-order valence-corrected chi connectivity index (χ4v) is 2.35. The van der Waals surface area contributed by atoms with Crippen molar-refractivity contribution in [3.8, 4) is 40.1 Å². The summed E-state index contributed by atoms with van der Waals surface area (Å²) in [6, 6.07) is 5.56. The maximum Gasteiger partial charge on any atom is 0.337 e. The Bertz CT molecular complexity index is 1080. The van der Waals surface area contributed by atoms with Gasteiger partial charge in [-0.25, -0.2) is 4.79 Å².